The van der Waals surface area contributed by atoms with Gasteiger partial charge in [-0.2, -0.15) is 0 Å². The van der Waals surface area contributed by atoms with E-state index in [2.05, 4.69) is 73.1 Å². The standard InChI is InChI=1S/C17H46O4Si5/c1-12-13-14-16(18-23(4)5,19-24(6)7)17(15(2,3)22,20-25(8)9)21-26(10)11/h23-26H,12-14H2,1-11,22H3. The highest BCUT2D eigenvalue weighted by Crippen LogP contribution is 2.52. The van der Waals surface area contributed by atoms with Crippen LogP contribution >= 0.6 is 0 Å². The third kappa shape index (κ3) is 7.39. The molecule has 9 heteroatoms. The molecule has 0 spiro atoms. The van der Waals surface area contributed by atoms with E-state index < -0.39 is 47.7 Å². The Morgan fingerprint density at radius 1 is 0.692 bits per heavy atom. The van der Waals surface area contributed by atoms with Crippen molar-refractivity contribution in [2.24, 2.45) is 0 Å². The fourth-order valence-electron chi connectivity index (χ4n) is 3.43. The zero-order chi connectivity index (χ0) is 20.8. The van der Waals surface area contributed by atoms with Gasteiger partial charge in [-0.3, -0.25) is 0 Å². The molecule has 0 bridgehead atoms. The predicted molar refractivity (Wildman–Crippen MR) is 129 cm³/mol. The molecule has 158 valence electrons. The van der Waals surface area contributed by atoms with E-state index in [1.807, 2.05) is 0 Å². The highest BCUT2D eigenvalue weighted by atomic mass is 28.3. The molecular weight excluding hydrogens is 409 g/mol. The molecular formula is C17H46O4Si5. The van der Waals surface area contributed by atoms with Gasteiger partial charge in [-0.05, 0) is 58.8 Å². The molecule has 4 nitrogen and oxygen atoms in total. The van der Waals surface area contributed by atoms with E-state index in [0.717, 1.165) is 29.5 Å². The van der Waals surface area contributed by atoms with Gasteiger partial charge in [0.2, 0.25) is 11.6 Å². The van der Waals surface area contributed by atoms with Gasteiger partial charge in [0.05, 0.1) is 0 Å². The summed E-state index contributed by atoms with van der Waals surface area (Å²) in [5, 5.41) is -0.109. The van der Waals surface area contributed by atoms with Crippen LogP contribution < -0.4 is 0 Å². The molecule has 0 N–H and O–H groups in total. The number of rotatable bonds is 13. The summed E-state index contributed by atoms with van der Waals surface area (Å²) in [6.45, 7) is 24.7. The lowest BCUT2D eigenvalue weighted by Gasteiger charge is -2.58. The molecule has 0 unspecified atom stereocenters. The van der Waals surface area contributed by atoms with Crippen molar-refractivity contribution < 1.29 is 17.7 Å². The van der Waals surface area contributed by atoms with E-state index >= 15 is 0 Å². The maximum atomic E-state index is 6.86. The van der Waals surface area contributed by atoms with Gasteiger partial charge in [-0.15, -0.1) is 0 Å². The molecule has 0 aliphatic carbocycles. The van der Waals surface area contributed by atoms with Crippen molar-refractivity contribution in [2.45, 2.75) is 109 Å². The van der Waals surface area contributed by atoms with Crippen molar-refractivity contribution in [2.75, 3.05) is 0 Å². The summed E-state index contributed by atoms with van der Waals surface area (Å²) in [6.07, 6.45) is 3.03. The Kier molecular flexibility index (Phi) is 11.6. The van der Waals surface area contributed by atoms with Gasteiger partial charge in [0.1, 0.15) is 0 Å². The topological polar surface area (TPSA) is 36.9 Å². The predicted octanol–water partition coefficient (Wildman–Crippen LogP) is 3.13. The Morgan fingerprint density at radius 2 is 1.04 bits per heavy atom. The zero-order valence-corrected chi connectivity index (χ0v) is 26.2. The summed E-state index contributed by atoms with van der Waals surface area (Å²) < 4.78 is 27.3. The smallest absolute Gasteiger partial charge is 0.204 e. The summed E-state index contributed by atoms with van der Waals surface area (Å²) in [7, 11) is -4.58. The molecule has 0 rings (SSSR count). The molecule has 0 radical (unpaired) electrons. The first-order chi connectivity index (χ1) is 11.7. The minimum Gasteiger partial charge on any atom is -0.391 e. The quantitative estimate of drug-likeness (QED) is 0.316. The highest BCUT2D eigenvalue weighted by Gasteiger charge is 2.62. The molecule has 0 saturated heterocycles. The molecule has 0 saturated carbocycles. The number of hydrogen-bond acceptors (Lipinski definition) is 4. The Bertz CT molecular complexity index is 377. The molecule has 0 fully saturated rings. The van der Waals surface area contributed by atoms with Crippen LogP contribution in [0.5, 0.6) is 0 Å². The van der Waals surface area contributed by atoms with Crippen molar-refractivity contribution >= 4 is 46.4 Å². The first-order valence-corrected chi connectivity index (χ1v) is 22.6. The minimum atomic E-state index is -1.39. The molecule has 0 aromatic heterocycles. The summed E-state index contributed by atoms with van der Waals surface area (Å²) in [5.41, 5.74) is 0. The molecule has 0 atom stereocenters. The van der Waals surface area contributed by atoms with Crippen molar-refractivity contribution in [3.8, 4) is 0 Å². The van der Waals surface area contributed by atoms with Crippen LogP contribution in [0.4, 0.5) is 0 Å². The van der Waals surface area contributed by atoms with E-state index in [1.165, 1.54) is 0 Å². The van der Waals surface area contributed by atoms with Crippen molar-refractivity contribution in [1.29, 1.82) is 0 Å². The normalized spacial score (nSPS) is 14.4. The van der Waals surface area contributed by atoms with Crippen LogP contribution in [0.2, 0.25) is 57.4 Å². The van der Waals surface area contributed by atoms with E-state index in [4.69, 9.17) is 17.7 Å². The van der Waals surface area contributed by atoms with Crippen LogP contribution in [-0.4, -0.2) is 58.0 Å². The largest absolute Gasteiger partial charge is 0.391 e. The van der Waals surface area contributed by atoms with Crippen LogP contribution in [0.1, 0.15) is 40.0 Å². The first-order valence-electron chi connectivity index (χ1n) is 10.4. The SMILES string of the molecule is CCCCC(O[SiH](C)C)(O[SiH](C)C)C(O[SiH](C)C)(O[SiH](C)C)C(C)(C)[SiH3]. The maximum Gasteiger partial charge on any atom is 0.204 e. The summed E-state index contributed by atoms with van der Waals surface area (Å²) in [5.74, 6) is -1.54. The Balaban J connectivity index is 6.65. The molecule has 0 heterocycles. The Hall–Kier alpha value is 0.924. The molecule has 26 heavy (non-hydrogen) atoms. The second-order valence-corrected chi connectivity index (χ2v) is 21.2. The van der Waals surface area contributed by atoms with Crippen LogP contribution in [0.15, 0.2) is 0 Å². The number of hydrogen-bond donors (Lipinski definition) is 0. The lowest BCUT2D eigenvalue weighted by Crippen LogP contribution is -2.69. The van der Waals surface area contributed by atoms with E-state index in [-0.39, 0.29) is 5.04 Å². The molecule has 0 amide bonds. The average Bonchev–Trinajstić information content (AvgIpc) is 2.40. The van der Waals surface area contributed by atoms with Gasteiger partial charge in [0, 0.05) is 21.7 Å². The second kappa shape index (κ2) is 11.2. The van der Waals surface area contributed by atoms with Gasteiger partial charge in [0.25, 0.3) is 0 Å². The van der Waals surface area contributed by atoms with Gasteiger partial charge in [0.15, 0.2) is 36.2 Å². The third-order valence-electron chi connectivity index (χ3n) is 4.00. The summed E-state index contributed by atoms with van der Waals surface area (Å²) >= 11 is 0. The lowest BCUT2D eigenvalue weighted by atomic mass is 9.89. The van der Waals surface area contributed by atoms with E-state index in [1.54, 1.807) is 0 Å². The van der Waals surface area contributed by atoms with Crippen LogP contribution in [0.3, 0.4) is 0 Å². The van der Waals surface area contributed by atoms with Gasteiger partial charge < -0.3 is 17.7 Å². The van der Waals surface area contributed by atoms with Gasteiger partial charge in [-0.1, -0.05) is 27.2 Å². The summed E-state index contributed by atoms with van der Waals surface area (Å²) in [6, 6.07) is 0. The van der Waals surface area contributed by atoms with Crippen LogP contribution in [0, 0.1) is 0 Å². The van der Waals surface area contributed by atoms with Crippen molar-refractivity contribution in [1.82, 2.24) is 0 Å². The minimum absolute atomic E-state index is 0.109. The third-order valence-corrected chi connectivity index (χ3v) is 7.97. The molecule has 0 aromatic rings. The maximum absolute atomic E-state index is 6.86. The Labute approximate surface area is 173 Å². The van der Waals surface area contributed by atoms with Crippen LogP contribution in [-0.2, 0) is 17.7 Å². The fourth-order valence-corrected chi connectivity index (χ4v) is 9.43. The zero-order valence-electron chi connectivity index (χ0n) is 19.6. The molecule has 0 aliphatic rings. The molecule has 0 aromatic carbocycles. The second-order valence-electron chi connectivity index (χ2n) is 9.39. The number of unbranched alkanes of at least 4 members (excludes halogenated alkanes) is 1. The van der Waals surface area contributed by atoms with Gasteiger partial charge in [-0.25, -0.2) is 0 Å². The highest BCUT2D eigenvalue weighted by molar-refractivity contribution is 6.51. The lowest BCUT2D eigenvalue weighted by molar-refractivity contribution is -0.330. The van der Waals surface area contributed by atoms with E-state index in [9.17, 15) is 0 Å². The van der Waals surface area contributed by atoms with Crippen LogP contribution in [0.25, 0.3) is 0 Å². The van der Waals surface area contributed by atoms with Gasteiger partial charge >= 0.3 is 0 Å². The van der Waals surface area contributed by atoms with Crippen molar-refractivity contribution in [3.63, 3.8) is 0 Å². The molecule has 0 aliphatic heterocycles. The fraction of sp³-hybridized carbons (Fsp3) is 1.00. The monoisotopic (exact) mass is 454 g/mol. The van der Waals surface area contributed by atoms with Crippen molar-refractivity contribution in [3.05, 3.63) is 0 Å². The average molecular weight is 455 g/mol. The first kappa shape index (κ1) is 26.9. The van der Waals surface area contributed by atoms with E-state index in [0.29, 0.717) is 0 Å². The Morgan fingerprint density at radius 3 is 1.27 bits per heavy atom. The summed E-state index contributed by atoms with van der Waals surface area (Å²) in [4.78, 5) is 0.